The summed E-state index contributed by atoms with van der Waals surface area (Å²) in [7, 11) is 0. The molecular formula is C21H24N2O. The Bertz CT molecular complexity index is 768. The summed E-state index contributed by atoms with van der Waals surface area (Å²) >= 11 is 0. The van der Waals surface area contributed by atoms with Crippen LogP contribution in [-0.4, -0.2) is 6.03 Å². The minimum atomic E-state index is -0.111. The zero-order valence-corrected chi connectivity index (χ0v) is 14.4. The Morgan fingerprint density at radius 1 is 1.17 bits per heavy atom. The van der Waals surface area contributed by atoms with Crippen molar-refractivity contribution in [3.8, 4) is 0 Å². The first-order valence-corrected chi connectivity index (χ1v) is 8.42. The summed E-state index contributed by atoms with van der Waals surface area (Å²) in [6.07, 6.45) is 10.6. The number of amides is 2. The first-order valence-electron chi connectivity index (χ1n) is 8.42. The second kappa shape index (κ2) is 6.91. The predicted octanol–water partition coefficient (Wildman–Crippen LogP) is 4.76. The number of allylic oxidation sites excluding steroid dienone is 5. The smallest absolute Gasteiger partial charge is 0.319 e. The summed E-state index contributed by atoms with van der Waals surface area (Å²) in [6, 6.07) is 6.32. The van der Waals surface area contributed by atoms with E-state index >= 15 is 0 Å². The van der Waals surface area contributed by atoms with Crippen LogP contribution in [0.4, 0.5) is 4.79 Å². The maximum Gasteiger partial charge on any atom is 0.319 e. The number of benzene rings is 1. The van der Waals surface area contributed by atoms with Crippen molar-refractivity contribution in [2.75, 3.05) is 0 Å². The molecule has 1 aliphatic carbocycles. The third-order valence-electron chi connectivity index (χ3n) is 4.84. The number of hydrogen-bond donors (Lipinski definition) is 2. The molecule has 0 saturated carbocycles. The zero-order chi connectivity index (χ0) is 17.1. The monoisotopic (exact) mass is 320 g/mol. The number of hydrogen-bond acceptors (Lipinski definition) is 1. The maximum atomic E-state index is 12.1. The molecule has 1 aromatic rings. The van der Waals surface area contributed by atoms with Gasteiger partial charge in [-0.05, 0) is 49.0 Å². The number of rotatable bonds is 3. The number of carbonyl (C=O) groups excluding carboxylic acids is 1. The topological polar surface area (TPSA) is 41.1 Å². The second-order valence-electron chi connectivity index (χ2n) is 6.50. The lowest BCUT2D eigenvalue weighted by molar-refractivity contribution is 0.237. The molecule has 0 radical (unpaired) electrons. The standard InChI is InChI=1S/C21H24N2O/c1-4-5-6-7-16-9-11-18-19(13-16)22-21(24)23-20(18)17-10-8-14(2)15(3)12-17/h4-8,10,12,20H,1,9,11,13H2,2-3H3,(H2,22,23,24)/b6-5-,16-7-. The largest absolute Gasteiger partial charge is 0.327 e. The van der Waals surface area contributed by atoms with E-state index in [-0.39, 0.29) is 12.1 Å². The van der Waals surface area contributed by atoms with E-state index in [0.29, 0.717) is 0 Å². The van der Waals surface area contributed by atoms with Crippen LogP contribution in [0.1, 0.15) is 42.0 Å². The Morgan fingerprint density at radius 3 is 2.75 bits per heavy atom. The van der Waals surface area contributed by atoms with Gasteiger partial charge in [0.05, 0.1) is 6.04 Å². The molecule has 3 rings (SSSR count). The summed E-state index contributed by atoms with van der Waals surface area (Å²) in [5.74, 6) is 0. The highest BCUT2D eigenvalue weighted by Crippen LogP contribution is 2.37. The van der Waals surface area contributed by atoms with Crippen LogP contribution < -0.4 is 10.6 Å². The van der Waals surface area contributed by atoms with Gasteiger partial charge in [-0.15, -0.1) is 0 Å². The third kappa shape index (κ3) is 3.35. The van der Waals surface area contributed by atoms with Crippen LogP contribution in [0.25, 0.3) is 0 Å². The van der Waals surface area contributed by atoms with Gasteiger partial charge in [0.15, 0.2) is 0 Å². The highest BCUT2D eigenvalue weighted by molar-refractivity contribution is 5.79. The van der Waals surface area contributed by atoms with E-state index in [1.807, 2.05) is 12.2 Å². The minimum absolute atomic E-state index is 0.0154. The molecular weight excluding hydrogens is 296 g/mol. The Labute approximate surface area is 143 Å². The highest BCUT2D eigenvalue weighted by atomic mass is 16.2. The lowest BCUT2D eigenvalue weighted by Gasteiger charge is -2.34. The molecule has 0 aromatic heterocycles. The molecule has 0 spiro atoms. The van der Waals surface area contributed by atoms with E-state index in [0.717, 1.165) is 25.0 Å². The quantitative estimate of drug-likeness (QED) is 0.774. The number of nitrogens with one attached hydrogen (secondary N) is 2. The number of carbonyl (C=O) groups is 1. The molecule has 0 bridgehead atoms. The van der Waals surface area contributed by atoms with Crippen LogP contribution in [-0.2, 0) is 0 Å². The number of aryl methyl sites for hydroxylation is 2. The average molecular weight is 320 g/mol. The van der Waals surface area contributed by atoms with E-state index in [9.17, 15) is 4.79 Å². The molecule has 2 N–H and O–H groups in total. The van der Waals surface area contributed by atoms with Crippen LogP contribution in [0.2, 0.25) is 0 Å². The van der Waals surface area contributed by atoms with Crippen LogP contribution in [0.3, 0.4) is 0 Å². The van der Waals surface area contributed by atoms with Gasteiger partial charge in [-0.3, -0.25) is 0 Å². The minimum Gasteiger partial charge on any atom is -0.327 e. The fourth-order valence-electron chi connectivity index (χ4n) is 3.35. The molecule has 24 heavy (non-hydrogen) atoms. The van der Waals surface area contributed by atoms with E-state index in [2.05, 4.69) is 55.3 Å². The summed E-state index contributed by atoms with van der Waals surface area (Å²) in [5.41, 5.74) is 7.41. The summed E-state index contributed by atoms with van der Waals surface area (Å²) < 4.78 is 0. The van der Waals surface area contributed by atoms with Gasteiger partial charge in [0.1, 0.15) is 0 Å². The lowest BCUT2D eigenvalue weighted by atomic mass is 9.83. The van der Waals surface area contributed by atoms with Crippen LogP contribution in [0.15, 0.2) is 65.9 Å². The average Bonchev–Trinajstić information content (AvgIpc) is 2.56. The van der Waals surface area contributed by atoms with Gasteiger partial charge in [-0.2, -0.15) is 0 Å². The summed E-state index contributed by atoms with van der Waals surface area (Å²) in [6.45, 7) is 7.91. The Balaban J connectivity index is 1.92. The third-order valence-corrected chi connectivity index (χ3v) is 4.84. The van der Waals surface area contributed by atoms with Crippen molar-refractivity contribution in [1.82, 2.24) is 10.6 Å². The van der Waals surface area contributed by atoms with Crippen molar-refractivity contribution in [3.63, 3.8) is 0 Å². The first-order chi connectivity index (χ1) is 11.6. The fourth-order valence-corrected chi connectivity index (χ4v) is 3.35. The van der Waals surface area contributed by atoms with E-state index in [1.54, 1.807) is 6.08 Å². The van der Waals surface area contributed by atoms with E-state index < -0.39 is 0 Å². The molecule has 2 amide bonds. The van der Waals surface area contributed by atoms with Crippen LogP contribution >= 0.6 is 0 Å². The van der Waals surface area contributed by atoms with Crippen molar-refractivity contribution in [1.29, 1.82) is 0 Å². The van der Waals surface area contributed by atoms with Gasteiger partial charge < -0.3 is 10.6 Å². The molecule has 1 atom stereocenters. The fraction of sp³-hybridized carbons (Fsp3) is 0.286. The molecule has 0 fully saturated rings. The van der Waals surface area contributed by atoms with Gasteiger partial charge in [-0.1, -0.05) is 54.7 Å². The van der Waals surface area contributed by atoms with Gasteiger partial charge >= 0.3 is 6.03 Å². The second-order valence-corrected chi connectivity index (χ2v) is 6.50. The van der Waals surface area contributed by atoms with Gasteiger partial charge in [0.25, 0.3) is 0 Å². The Kier molecular flexibility index (Phi) is 4.70. The first kappa shape index (κ1) is 16.3. The van der Waals surface area contributed by atoms with Gasteiger partial charge in [0.2, 0.25) is 0 Å². The molecule has 0 saturated heterocycles. The summed E-state index contributed by atoms with van der Waals surface area (Å²) in [4.78, 5) is 12.1. The molecule has 3 heteroatoms. The predicted molar refractivity (Wildman–Crippen MR) is 98.6 cm³/mol. The molecule has 1 aromatic carbocycles. The van der Waals surface area contributed by atoms with E-state index in [1.165, 1.54) is 27.8 Å². The molecule has 124 valence electrons. The van der Waals surface area contributed by atoms with Crippen molar-refractivity contribution in [3.05, 3.63) is 82.6 Å². The molecule has 1 unspecified atom stereocenters. The van der Waals surface area contributed by atoms with Gasteiger partial charge in [0, 0.05) is 12.1 Å². The number of urea groups is 1. The Morgan fingerprint density at radius 2 is 2.00 bits per heavy atom. The normalized spacial score (nSPS) is 22.3. The Hall–Kier alpha value is -2.55. The molecule has 2 aliphatic rings. The highest BCUT2D eigenvalue weighted by Gasteiger charge is 2.30. The lowest BCUT2D eigenvalue weighted by Crippen LogP contribution is -2.45. The molecule has 1 heterocycles. The van der Waals surface area contributed by atoms with Crippen LogP contribution in [0.5, 0.6) is 0 Å². The van der Waals surface area contributed by atoms with Crippen molar-refractivity contribution in [2.24, 2.45) is 0 Å². The SMILES string of the molecule is C=C/C=C\C=C1\CCC2=C(C1)NC(=O)NC2c1ccc(C)c(C)c1. The van der Waals surface area contributed by atoms with E-state index in [4.69, 9.17) is 0 Å². The molecule has 1 aliphatic heterocycles. The molecule has 3 nitrogen and oxygen atoms in total. The van der Waals surface area contributed by atoms with Gasteiger partial charge in [-0.25, -0.2) is 4.79 Å². The van der Waals surface area contributed by atoms with Crippen LogP contribution in [0, 0.1) is 13.8 Å². The van der Waals surface area contributed by atoms with Crippen molar-refractivity contribution >= 4 is 6.03 Å². The van der Waals surface area contributed by atoms with Crippen molar-refractivity contribution in [2.45, 2.75) is 39.2 Å². The maximum absolute atomic E-state index is 12.1. The van der Waals surface area contributed by atoms with Crippen molar-refractivity contribution < 1.29 is 4.79 Å². The zero-order valence-electron chi connectivity index (χ0n) is 14.4. The summed E-state index contributed by atoms with van der Waals surface area (Å²) in [5, 5.41) is 6.10.